The van der Waals surface area contributed by atoms with Gasteiger partial charge >= 0.3 is 0 Å². The second kappa shape index (κ2) is 5.32. The molecule has 0 aromatic heterocycles. The molecule has 0 saturated carbocycles. The minimum atomic E-state index is -0.450. The SMILES string of the molecule is CC(C)(CCN)C(=O)Nc1ccc(Cl)cc1. The molecule has 0 aliphatic rings. The number of nitrogens with two attached hydrogens (primary N) is 1. The molecule has 0 atom stereocenters. The van der Waals surface area contributed by atoms with Crippen molar-refractivity contribution in [2.75, 3.05) is 11.9 Å². The van der Waals surface area contributed by atoms with Gasteiger partial charge in [0, 0.05) is 16.1 Å². The van der Waals surface area contributed by atoms with Crippen LogP contribution in [0, 0.1) is 5.41 Å². The van der Waals surface area contributed by atoms with Gasteiger partial charge in [0.15, 0.2) is 0 Å². The number of nitrogens with one attached hydrogen (secondary N) is 1. The van der Waals surface area contributed by atoms with Crippen molar-refractivity contribution in [1.29, 1.82) is 0 Å². The average molecular weight is 241 g/mol. The number of carbonyl (C=O) groups is 1. The molecule has 1 amide bonds. The van der Waals surface area contributed by atoms with Crippen LogP contribution in [0.3, 0.4) is 0 Å². The van der Waals surface area contributed by atoms with Gasteiger partial charge in [-0.3, -0.25) is 4.79 Å². The molecule has 0 spiro atoms. The Bertz CT molecular complexity index is 360. The predicted molar refractivity (Wildman–Crippen MR) is 67.5 cm³/mol. The van der Waals surface area contributed by atoms with Crippen LogP contribution in [0.15, 0.2) is 24.3 Å². The van der Waals surface area contributed by atoms with Crippen molar-refractivity contribution in [3.8, 4) is 0 Å². The summed E-state index contributed by atoms with van der Waals surface area (Å²) in [6, 6.07) is 7.04. The van der Waals surface area contributed by atoms with Crippen molar-refractivity contribution in [1.82, 2.24) is 0 Å². The summed E-state index contributed by atoms with van der Waals surface area (Å²) in [7, 11) is 0. The topological polar surface area (TPSA) is 55.1 Å². The third kappa shape index (κ3) is 3.51. The first-order valence-electron chi connectivity index (χ1n) is 5.23. The van der Waals surface area contributed by atoms with E-state index in [1.54, 1.807) is 24.3 Å². The van der Waals surface area contributed by atoms with E-state index in [1.807, 2.05) is 13.8 Å². The second-order valence-electron chi connectivity index (χ2n) is 4.38. The Balaban J connectivity index is 2.67. The molecule has 0 fully saturated rings. The van der Waals surface area contributed by atoms with Gasteiger partial charge in [0.05, 0.1) is 0 Å². The van der Waals surface area contributed by atoms with Crippen molar-refractivity contribution in [2.45, 2.75) is 20.3 Å². The van der Waals surface area contributed by atoms with E-state index in [4.69, 9.17) is 17.3 Å². The van der Waals surface area contributed by atoms with Gasteiger partial charge in [-0.25, -0.2) is 0 Å². The zero-order valence-electron chi connectivity index (χ0n) is 9.59. The number of benzene rings is 1. The first kappa shape index (κ1) is 13.0. The molecule has 88 valence electrons. The van der Waals surface area contributed by atoms with Crippen LogP contribution < -0.4 is 11.1 Å². The lowest BCUT2D eigenvalue weighted by atomic mass is 9.88. The summed E-state index contributed by atoms with van der Waals surface area (Å²) >= 11 is 5.76. The first-order chi connectivity index (χ1) is 7.45. The second-order valence-corrected chi connectivity index (χ2v) is 4.82. The highest BCUT2D eigenvalue weighted by atomic mass is 35.5. The summed E-state index contributed by atoms with van der Waals surface area (Å²) in [6.07, 6.45) is 0.659. The molecule has 0 bridgehead atoms. The number of halogens is 1. The van der Waals surface area contributed by atoms with Crippen LogP contribution >= 0.6 is 11.6 Å². The summed E-state index contributed by atoms with van der Waals surface area (Å²) in [4.78, 5) is 11.9. The predicted octanol–water partition coefficient (Wildman–Crippen LogP) is 2.65. The molecule has 16 heavy (non-hydrogen) atoms. The molecule has 0 aliphatic heterocycles. The van der Waals surface area contributed by atoms with Crippen molar-refractivity contribution in [2.24, 2.45) is 11.1 Å². The highest BCUT2D eigenvalue weighted by Crippen LogP contribution is 2.22. The van der Waals surface area contributed by atoms with E-state index in [0.717, 1.165) is 5.69 Å². The summed E-state index contributed by atoms with van der Waals surface area (Å²) in [5, 5.41) is 3.49. The summed E-state index contributed by atoms with van der Waals surface area (Å²) in [5.41, 5.74) is 5.77. The maximum Gasteiger partial charge on any atom is 0.230 e. The van der Waals surface area contributed by atoms with Crippen molar-refractivity contribution in [3.63, 3.8) is 0 Å². The molecular formula is C12H17ClN2O. The molecule has 3 N–H and O–H groups in total. The van der Waals surface area contributed by atoms with E-state index in [2.05, 4.69) is 5.32 Å². The first-order valence-corrected chi connectivity index (χ1v) is 5.60. The lowest BCUT2D eigenvalue weighted by Gasteiger charge is -2.22. The lowest BCUT2D eigenvalue weighted by Crippen LogP contribution is -2.32. The van der Waals surface area contributed by atoms with Gasteiger partial charge in [-0.1, -0.05) is 25.4 Å². The smallest absolute Gasteiger partial charge is 0.230 e. The molecule has 0 aliphatic carbocycles. The molecule has 3 nitrogen and oxygen atoms in total. The van der Waals surface area contributed by atoms with Crippen molar-refractivity contribution < 1.29 is 4.79 Å². The average Bonchev–Trinajstić information content (AvgIpc) is 2.21. The highest BCUT2D eigenvalue weighted by molar-refractivity contribution is 6.30. The molecule has 0 saturated heterocycles. The Morgan fingerprint density at radius 1 is 1.38 bits per heavy atom. The number of hydrogen-bond acceptors (Lipinski definition) is 2. The summed E-state index contributed by atoms with van der Waals surface area (Å²) in [5.74, 6) is -0.0275. The maximum absolute atomic E-state index is 11.9. The van der Waals surface area contributed by atoms with E-state index in [-0.39, 0.29) is 5.91 Å². The minimum Gasteiger partial charge on any atom is -0.330 e. The van der Waals surface area contributed by atoms with Gasteiger partial charge in [-0.15, -0.1) is 0 Å². The van der Waals surface area contributed by atoms with E-state index in [1.165, 1.54) is 0 Å². The van der Waals surface area contributed by atoms with Crippen LogP contribution in [0.25, 0.3) is 0 Å². The lowest BCUT2D eigenvalue weighted by molar-refractivity contribution is -0.124. The van der Waals surface area contributed by atoms with Crippen molar-refractivity contribution in [3.05, 3.63) is 29.3 Å². The molecular weight excluding hydrogens is 224 g/mol. The largest absolute Gasteiger partial charge is 0.330 e. The molecule has 4 heteroatoms. The van der Waals surface area contributed by atoms with Crippen LogP contribution in [0.2, 0.25) is 5.02 Å². The molecule has 1 aromatic carbocycles. The van der Waals surface area contributed by atoms with Gasteiger partial charge < -0.3 is 11.1 Å². The van der Waals surface area contributed by atoms with E-state index < -0.39 is 5.41 Å². The van der Waals surface area contributed by atoms with E-state index in [9.17, 15) is 4.79 Å². The maximum atomic E-state index is 11.9. The quantitative estimate of drug-likeness (QED) is 0.850. The summed E-state index contributed by atoms with van der Waals surface area (Å²) in [6.45, 7) is 4.26. The van der Waals surface area contributed by atoms with Gasteiger partial charge in [0.25, 0.3) is 0 Å². The van der Waals surface area contributed by atoms with Gasteiger partial charge in [-0.05, 0) is 37.2 Å². The fourth-order valence-electron chi connectivity index (χ4n) is 1.31. The van der Waals surface area contributed by atoms with Crippen LogP contribution in [-0.4, -0.2) is 12.5 Å². The van der Waals surface area contributed by atoms with Crippen LogP contribution in [0.4, 0.5) is 5.69 Å². The fraction of sp³-hybridized carbons (Fsp3) is 0.417. The van der Waals surface area contributed by atoms with E-state index >= 15 is 0 Å². The number of rotatable bonds is 4. The Labute approximate surface area is 101 Å². The Morgan fingerprint density at radius 3 is 2.44 bits per heavy atom. The van der Waals surface area contributed by atoms with Crippen molar-refractivity contribution >= 4 is 23.2 Å². The summed E-state index contributed by atoms with van der Waals surface area (Å²) < 4.78 is 0. The molecule has 1 rings (SSSR count). The van der Waals surface area contributed by atoms with Crippen LogP contribution in [-0.2, 0) is 4.79 Å². The third-order valence-electron chi connectivity index (χ3n) is 2.49. The number of amides is 1. The molecule has 0 heterocycles. The van der Waals surface area contributed by atoms with Crippen LogP contribution in [0.1, 0.15) is 20.3 Å². The number of anilines is 1. The van der Waals surface area contributed by atoms with Gasteiger partial charge in [0.1, 0.15) is 0 Å². The zero-order chi connectivity index (χ0) is 12.2. The minimum absolute atomic E-state index is 0.0275. The Kier molecular flexibility index (Phi) is 4.33. The standard InChI is InChI=1S/C12H17ClN2O/c1-12(2,7-8-14)11(16)15-10-5-3-9(13)4-6-10/h3-6H,7-8,14H2,1-2H3,(H,15,16). The molecule has 0 unspecified atom stereocenters. The Hall–Kier alpha value is -1.06. The third-order valence-corrected chi connectivity index (χ3v) is 2.74. The van der Waals surface area contributed by atoms with Crippen LogP contribution in [0.5, 0.6) is 0 Å². The fourth-order valence-corrected chi connectivity index (χ4v) is 1.43. The molecule has 0 radical (unpaired) electrons. The monoisotopic (exact) mass is 240 g/mol. The zero-order valence-corrected chi connectivity index (χ0v) is 10.3. The van der Waals surface area contributed by atoms with E-state index in [0.29, 0.717) is 18.0 Å². The highest BCUT2D eigenvalue weighted by Gasteiger charge is 2.26. The Morgan fingerprint density at radius 2 is 1.94 bits per heavy atom. The van der Waals surface area contributed by atoms with Gasteiger partial charge in [-0.2, -0.15) is 0 Å². The normalized spacial score (nSPS) is 11.2. The number of hydrogen-bond donors (Lipinski definition) is 2. The number of carbonyl (C=O) groups excluding carboxylic acids is 1. The molecule has 1 aromatic rings. The van der Waals surface area contributed by atoms with Gasteiger partial charge in [0.2, 0.25) is 5.91 Å².